The van der Waals surface area contributed by atoms with Gasteiger partial charge < -0.3 is 9.84 Å². The van der Waals surface area contributed by atoms with Crippen molar-refractivity contribution >= 4 is 5.97 Å². The van der Waals surface area contributed by atoms with Gasteiger partial charge in [0.05, 0.1) is 13.0 Å². The predicted molar refractivity (Wildman–Crippen MR) is 104 cm³/mol. The van der Waals surface area contributed by atoms with Crippen LogP contribution in [0.25, 0.3) is 0 Å². The second-order valence-corrected chi connectivity index (χ2v) is 7.95. The summed E-state index contributed by atoms with van der Waals surface area (Å²) in [6, 6.07) is 6.46. The van der Waals surface area contributed by atoms with Gasteiger partial charge in [0.2, 0.25) is 0 Å². The van der Waals surface area contributed by atoms with E-state index >= 15 is 0 Å². The van der Waals surface area contributed by atoms with Crippen LogP contribution in [0.2, 0.25) is 0 Å². The first-order valence-corrected chi connectivity index (χ1v) is 10.4. The number of hydrogen-bond donors (Lipinski definition) is 1. The van der Waals surface area contributed by atoms with Gasteiger partial charge in [-0.25, -0.2) is 0 Å². The summed E-state index contributed by atoms with van der Waals surface area (Å²) in [7, 11) is 0. The summed E-state index contributed by atoms with van der Waals surface area (Å²) in [5.74, 6) is 1.20. The van der Waals surface area contributed by atoms with Crippen LogP contribution in [0.1, 0.15) is 68.9 Å². The Hall–Kier alpha value is -1.55. The number of nitrogens with zero attached hydrogens (tertiary/aromatic N) is 1. The molecular formula is C22H33NO3. The number of aliphatic carboxylic acids is 1. The number of hydrogen-bond acceptors (Lipinski definition) is 3. The number of carbonyl (C=O) groups is 1. The third-order valence-corrected chi connectivity index (χ3v) is 5.88. The SMILES string of the molecule is O=C(O)CCN1CCCc2cc(OCCCC3CCCCC3)ccc2C1. The highest BCUT2D eigenvalue weighted by atomic mass is 16.5. The van der Waals surface area contributed by atoms with Crippen LogP contribution in [0.4, 0.5) is 0 Å². The molecule has 1 aromatic carbocycles. The van der Waals surface area contributed by atoms with E-state index in [2.05, 4.69) is 23.1 Å². The molecule has 0 aromatic heterocycles. The quantitative estimate of drug-likeness (QED) is 0.687. The van der Waals surface area contributed by atoms with Crippen LogP contribution in [-0.2, 0) is 17.8 Å². The molecule has 0 amide bonds. The number of carboxylic acids is 1. The number of fused-ring (bicyclic) bond motifs is 1. The Balaban J connectivity index is 1.45. The van der Waals surface area contributed by atoms with E-state index in [1.165, 1.54) is 49.7 Å². The Bertz CT molecular complexity index is 581. The number of ether oxygens (including phenoxy) is 1. The van der Waals surface area contributed by atoms with Crippen molar-refractivity contribution in [3.8, 4) is 5.75 Å². The van der Waals surface area contributed by atoms with Crippen molar-refractivity contribution < 1.29 is 14.6 Å². The zero-order valence-electron chi connectivity index (χ0n) is 15.9. The topological polar surface area (TPSA) is 49.8 Å². The summed E-state index contributed by atoms with van der Waals surface area (Å²) in [5, 5.41) is 8.89. The average molecular weight is 360 g/mol. The fraction of sp³-hybridized carbons (Fsp3) is 0.682. The highest BCUT2D eigenvalue weighted by Crippen LogP contribution is 2.28. The van der Waals surface area contributed by atoms with Crippen molar-refractivity contribution in [3.05, 3.63) is 29.3 Å². The molecule has 4 heteroatoms. The van der Waals surface area contributed by atoms with Crippen LogP contribution >= 0.6 is 0 Å². The molecule has 4 nitrogen and oxygen atoms in total. The zero-order chi connectivity index (χ0) is 18.2. The summed E-state index contributed by atoms with van der Waals surface area (Å²) >= 11 is 0. The van der Waals surface area contributed by atoms with E-state index in [9.17, 15) is 4.79 Å². The molecule has 2 aliphatic rings. The van der Waals surface area contributed by atoms with Crippen LogP contribution < -0.4 is 4.74 Å². The Morgan fingerprint density at radius 2 is 2.00 bits per heavy atom. The molecule has 0 unspecified atom stereocenters. The standard InChI is InChI=1S/C22H33NO3/c24-22(25)12-14-23-13-4-9-19-16-21(11-10-20(19)17-23)26-15-5-8-18-6-2-1-3-7-18/h10-11,16,18H,1-9,12-15,17H2,(H,24,25). The molecule has 144 valence electrons. The molecular weight excluding hydrogens is 326 g/mol. The maximum Gasteiger partial charge on any atom is 0.304 e. The Morgan fingerprint density at radius 1 is 1.15 bits per heavy atom. The van der Waals surface area contributed by atoms with Gasteiger partial charge in [0.15, 0.2) is 0 Å². The largest absolute Gasteiger partial charge is 0.494 e. The molecule has 1 aromatic rings. The second-order valence-electron chi connectivity index (χ2n) is 7.95. The molecule has 1 aliphatic carbocycles. The van der Waals surface area contributed by atoms with Crippen LogP contribution in [0.5, 0.6) is 5.75 Å². The monoisotopic (exact) mass is 359 g/mol. The van der Waals surface area contributed by atoms with Gasteiger partial charge in [0, 0.05) is 13.1 Å². The fourth-order valence-electron chi connectivity index (χ4n) is 4.37. The smallest absolute Gasteiger partial charge is 0.304 e. The number of aryl methyl sites for hydroxylation is 1. The lowest BCUT2D eigenvalue weighted by Crippen LogP contribution is -2.26. The van der Waals surface area contributed by atoms with Crippen LogP contribution in [0.15, 0.2) is 18.2 Å². The number of rotatable bonds is 8. The highest BCUT2D eigenvalue weighted by molar-refractivity contribution is 5.66. The minimum Gasteiger partial charge on any atom is -0.494 e. The molecule has 1 fully saturated rings. The van der Waals surface area contributed by atoms with E-state index in [1.54, 1.807) is 0 Å². The summed E-state index contributed by atoms with van der Waals surface area (Å²) in [6.07, 6.45) is 11.9. The van der Waals surface area contributed by atoms with Crippen molar-refractivity contribution in [2.75, 3.05) is 19.7 Å². The number of benzene rings is 1. The minimum atomic E-state index is -0.716. The first-order chi connectivity index (χ1) is 12.7. The fourth-order valence-corrected chi connectivity index (χ4v) is 4.37. The summed E-state index contributed by atoms with van der Waals surface area (Å²) in [6.45, 7) is 3.28. The third kappa shape index (κ3) is 6.01. The van der Waals surface area contributed by atoms with Gasteiger partial charge in [-0.1, -0.05) is 38.2 Å². The van der Waals surface area contributed by atoms with Crippen LogP contribution in [0.3, 0.4) is 0 Å². The van der Waals surface area contributed by atoms with Crippen molar-refractivity contribution in [1.29, 1.82) is 0 Å². The van der Waals surface area contributed by atoms with Gasteiger partial charge in [0.25, 0.3) is 0 Å². The molecule has 0 radical (unpaired) electrons. The average Bonchev–Trinajstić information content (AvgIpc) is 2.86. The molecule has 0 atom stereocenters. The summed E-state index contributed by atoms with van der Waals surface area (Å²) < 4.78 is 6.02. The van der Waals surface area contributed by atoms with Crippen LogP contribution in [-0.4, -0.2) is 35.7 Å². The minimum absolute atomic E-state index is 0.220. The van der Waals surface area contributed by atoms with Gasteiger partial charge in [-0.15, -0.1) is 0 Å². The van der Waals surface area contributed by atoms with Gasteiger partial charge >= 0.3 is 5.97 Å². The van der Waals surface area contributed by atoms with Crippen LogP contribution in [0, 0.1) is 5.92 Å². The van der Waals surface area contributed by atoms with E-state index in [0.29, 0.717) is 6.54 Å². The van der Waals surface area contributed by atoms with E-state index in [1.807, 2.05) is 0 Å². The van der Waals surface area contributed by atoms with Crippen molar-refractivity contribution in [3.63, 3.8) is 0 Å². The lowest BCUT2D eigenvalue weighted by molar-refractivity contribution is -0.137. The van der Waals surface area contributed by atoms with E-state index in [-0.39, 0.29) is 6.42 Å². The molecule has 0 bridgehead atoms. The molecule has 26 heavy (non-hydrogen) atoms. The molecule has 3 rings (SSSR count). The summed E-state index contributed by atoms with van der Waals surface area (Å²) in [4.78, 5) is 13.1. The second kappa shape index (κ2) is 9.96. The lowest BCUT2D eigenvalue weighted by atomic mass is 9.86. The third-order valence-electron chi connectivity index (χ3n) is 5.88. The summed E-state index contributed by atoms with van der Waals surface area (Å²) in [5.41, 5.74) is 2.69. The maximum absolute atomic E-state index is 10.8. The van der Waals surface area contributed by atoms with Crippen molar-refractivity contribution in [2.45, 2.75) is 70.8 Å². The highest BCUT2D eigenvalue weighted by Gasteiger charge is 2.16. The Labute approximate surface area is 157 Å². The van der Waals surface area contributed by atoms with Gasteiger partial charge in [-0.3, -0.25) is 9.69 Å². The first-order valence-electron chi connectivity index (χ1n) is 10.4. The Morgan fingerprint density at radius 3 is 2.81 bits per heavy atom. The molecule has 0 saturated heterocycles. The van der Waals surface area contributed by atoms with E-state index in [0.717, 1.165) is 50.6 Å². The Kier molecular flexibility index (Phi) is 7.36. The normalized spacial score (nSPS) is 18.9. The zero-order valence-corrected chi connectivity index (χ0v) is 15.9. The number of carboxylic acid groups (broad SMARTS) is 1. The molecule has 1 saturated carbocycles. The molecule has 1 heterocycles. The molecule has 1 N–H and O–H groups in total. The van der Waals surface area contributed by atoms with Crippen molar-refractivity contribution in [1.82, 2.24) is 4.90 Å². The molecule has 1 aliphatic heterocycles. The van der Waals surface area contributed by atoms with Gasteiger partial charge in [-0.05, 0) is 61.4 Å². The first kappa shape index (κ1) is 19.2. The maximum atomic E-state index is 10.8. The van der Waals surface area contributed by atoms with E-state index in [4.69, 9.17) is 9.84 Å². The van der Waals surface area contributed by atoms with Crippen molar-refractivity contribution in [2.24, 2.45) is 5.92 Å². The van der Waals surface area contributed by atoms with Gasteiger partial charge in [-0.2, -0.15) is 0 Å². The lowest BCUT2D eigenvalue weighted by Gasteiger charge is -2.21. The van der Waals surface area contributed by atoms with E-state index < -0.39 is 5.97 Å². The van der Waals surface area contributed by atoms with Gasteiger partial charge in [0.1, 0.15) is 5.75 Å². The predicted octanol–water partition coefficient (Wildman–Crippen LogP) is 4.65. The molecule has 0 spiro atoms.